The van der Waals surface area contributed by atoms with Crippen LogP contribution in [0, 0.1) is 11.6 Å². The molecule has 0 aliphatic heterocycles. The van der Waals surface area contributed by atoms with E-state index in [1.807, 2.05) is 0 Å². The van der Waals surface area contributed by atoms with Crippen LogP contribution in [0.5, 0.6) is 0 Å². The summed E-state index contributed by atoms with van der Waals surface area (Å²) in [5.41, 5.74) is 1.04. The maximum atomic E-state index is 14.0. The van der Waals surface area contributed by atoms with Gasteiger partial charge in [-0.15, -0.1) is 0 Å². The van der Waals surface area contributed by atoms with Crippen molar-refractivity contribution in [3.05, 3.63) is 90.5 Å². The van der Waals surface area contributed by atoms with Crippen molar-refractivity contribution in [2.24, 2.45) is 0 Å². The van der Waals surface area contributed by atoms with Crippen LogP contribution in [0.25, 0.3) is 22.2 Å². The lowest BCUT2D eigenvalue weighted by molar-refractivity contribution is 0.585. The van der Waals surface area contributed by atoms with Crippen LogP contribution in [0.4, 0.5) is 8.78 Å². The average molecular weight is 381 g/mol. The normalized spacial score (nSPS) is 11.6. The number of halogens is 2. The molecule has 27 heavy (non-hydrogen) atoms. The van der Waals surface area contributed by atoms with Gasteiger partial charge in [0.2, 0.25) is 9.84 Å². The predicted molar refractivity (Wildman–Crippen MR) is 99.0 cm³/mol. The topological polar surface area (TPSA) is 47.0 Å². The highest BCUT2D eigenvalue weighted by atomic mass is 32.2. The van der Waals surface area contributed by atoms with Gasteiger partial charge in [-0.1, -0.05) is 24.3 Å². The number of hydrogen-bond acceptors (Lipinski definition) is 3. The zero-order valence-electron chi connectivity index (χ0n) is 13.9. The fourth-order valence-electron chi connectivity index (χ4n) is 2.85. The van der Waals surface area contributed by atoms with Crippen LogP contribution in [0.2, 0.25) is 0 Å². The molecule has 0 aliphatic carbocycles. The molecule has 4 rings (SSSR count). The second-order valence-corrected chi connectivity index (χ2v) is 7.94. The molecule has 1 aromatic heterocycles. The molecule has 0 radical (unpaired) electrons. The minimum Gasteiger partial charge on any atom is -0.248 e. The number of pyridine rings is 1. The summed E-state index contributed by atoms with van der Waals surface area (Å²) in [6, 6.07) is 19.3. The summed E-state index contributed by atoms with van der Waals surface area (Å²) in [7, 11) is -3.63. The summed E-state index contributed by atoms with van der Waals surface area (Å²) in [5, 5.41) is 0.610. The van der Waals surface area contributed by atoms with Gasteiger partial charge in [0.15, 0.2) is 0 Å². The van der Waals surface area contributed by atoms with Gasteiger partial charge < -0.3 is 0 Å². The van der Waals surface area contributed by atoms with Crippen molar-refractivity contribution >= 4 is 20.7 Å². The molecule has 4 aromatic rings. The third-order valence-electron chi connectivity index (χ3n) is 4.23. The lowest BCUT2D eigenvalue weighted by atomic mass is 10.1. The highest BCUT2D eigenvalue weighted by molar-refractivity contribution is 7.91. The van der Waals surface area contributed by atoms with Crippen LogP contribution in [-0.4, -0.2) is 13.4 Å². The molecule has 0 N–H and O–H groups in total. The van der Waals surface area contributed by atoms with E-state index in [1.165, 1.54) is 36.4 Å². The van der Waals surface area contributed by atoms with Gasteiger partial charge in [-0.05, 0) is 48.5 Å². The second-order valence-electron chi connectivity index (χ2n) is 5.99. The Morgan fingerprint density at radius 3 is 2.26 bits per heavy atom. The molecule has 134 valence electrons. The van der Waals surface area contributed by atoms with Crippen molar-refractivity contribution in [3.8, 4) is 11.3 Å². The fourth-order valence-corrected chi connectivity index (χ4v) is 4.17. The van der Waals surface area contributed by atoms with E-state index in [4.69, 9.17) is 0 Å². The molecule has 3 aromatic carbocycles. The minimum atomic E-state index is -3.63. The van der Waals surface area contributed by atoms with Crippen LogP contribution < -0.4 is 0 Å². The largest absolute Gasteiger partial charge is 0.248 e. The summed E-state index contributed by atoms with van der Waals surface area (Å²) < 4.78 is 52.6. The molecule has 0 saturated carbocycles. The Hall–Kier alpha value is -3.12. The lowest BCUT2D eigenvalue weighted by Gasteiger charge is -2.08. The standard InChI is InChI=1S/C21H13F2NO2S/c22-15-7-9-18(19(23)13-15)21-10-6-14-12-17(8-11-20(14)24-21)27(25,26)16-4-2-1-3-5-16/h1-13H. The Balaban J connectivity index is 1.79. The molecular formula is C21H13F2NO2S. The summed E-state index contributed by atoms with van der Waals surface area (Å²) in [4.78, 5) is 4.74. The predicted octanol–water partition coefficient (Wildman–Crippen LogP) is 5.01. The molecule has 0 amide bonds. The van der Waals surface area contributed by atoms with Crippen LogP contribution in [0.1, 0.15) is 0 Å². The third kappa shape index (κ3) is 3.19. The van der Waals surface area contributed by atoms with E-state index in [9.17, 15) is 17.2 Å². The highest BCUT2D eigenvalue weighted by Gasteiger charge is 2.18. The molecule has 0 atom stereocenters. The highest BCUT2D eigenvalue weighted by Crippen LogP contribution is 2.27. The van der Waals surface area contributed by atoms with E-state index in [2.05, 4.69) is 4.98 Å². The second kappa shape index (κ2) is 6.55. The van der Waals surface area contributed by atoms with Crippen molar-refractivity contribution in [2.45, 2.75) is 9.79 Å². The quantitative estimate of drug-likeness (QED) is 0.501. The Labute approximate surface area is 154 Å². The Kier molecular flexibility index (Phi) is 4.20. The van der Waals surface area contributed by atoms with E-state index in [-0.39, 0.29) is 15.4 Å². The van der Waals surface area contributed by atoms with Crippen LogP contribution in [-0.2, 0) is 9.84 Å². The lowest BCUT2D eigenvalue weighted by Crippen LogP contribution is -2.01. The Bertz CT molecular complexity index is 1260. The summed E-state index contributed by atoms with van der Waals surface area (Å²) in [6.07, 6.45) is 0. The van der Waals surface area contributed by atoms with E-state index < -0.39 is 21.5 Å². The van der Waals surface area contributed by atoms with Crippen LogP contribution >= 0.6 is 0 Å². The molecule has 6 heteroatoms. The fraction of sp³-hybridized carbons (Fsp3) is 0. The Morgan fingerprint density at radius 2 is 1.52 bits per heavy atom. The minimum absolute atomic E-state index is 0.156. The molecule has 0 spiro atoms. The monoisotopic (exact) mass is 381 g/mol. The van der Waals surface area contributed by atoms with Gasteiger partial charge in [-0.3, -0.25) is 0 Å². The zero-order valence-corrected chi connectivity index (χ0v) is 14.7. The van der Waals surface area contributed by atoms with E-state index in [1.54, 1.807) is 36.4 Å². The number of benzene rings is 3. The summed E-state index contributed by atoms with van der Waals surface area (Å²) in [6.45, 7) is 0. The molecule has 1 heterocycles. The van der Waals surface area contributed by atoms with E-state index >= 15 is 0 Å². The van der Waals surface area contributed by atoms with Crippen molar-refractivity contribution < 1.29 is 17.2 Å². The number of sulfone groups is 1. The number of rotatable bonds is 3. The number of fused-ring (bicyclic) bond motifs is 1. The molecule has 3 nitrogen and oxygen atoms in total. The van der Waals surface area contributed by atoms with Gasteiger partial charge in [0.1, 0.15) is 11.6 Å². The van der Waals surface area contributed by atoms with Gasteiger partial charge in [0, 0.05) is 17.0 Å². The molecular weight excluding hydrogens is 368 g/mol. The zero-order chi connectivity index (χ0) is 19.0. The van der Waals surface area contributed by atoms with Gasteiger partial charge in [0.25, 0.3) is 0 Å². The smallest absolute Gasteiger partial charge is 0.206 e. The Morgan fingerprint density at radius 1 is 0.741 bits per heavy atom. The van der Waals surface area contributed by atoms with Crippen LogP contribution in [0.15, 0.2) is 88.7 Å². The maximum absolute atomic E-state index is 14.0. The first-order valence-electron chi connectivity index (χ1n) is 8.11. The summed E-state index contributed by atoms with van der Waals surface area (Å²) >= 11 is 0. The first kappa shape index (κ1) is 17.3. The number of aromatic nitrogens is 1. The summed E-state index contributed by atoms with van der Waals surface area (Å²) in [5.74, 6) is -1.36. The first-order chi connectivity index (χ1) is 12.9. The van der Waals surface area contributed by atoms with Gasteiger partial charge >= 0.3 is 0 Å². The maximum Gasteiger partial charge on any atom is 0.206 e. The first-order valence-corrected chi connectivity index (χ1v) is 9.60. The molecule has 0 bridgehead atoms. The van der Waals surface area contributed by atoms with Crippen molar-refractivity contribution in [1.82, 2.24) is 4.98 Å². The average Bonchev–Trinajstić information content (AvgIpc) is 2.68. The van der Waals surface area contributed by atoms with Crippen molar-refractivity contribution in [1.29, 1.82) is 0 Å². The van der Waals surface area contributed by atoms with Gasteiger partial charge in [-0.2, -0.15) is 0 Å². The molecule has 0 saturated heterocycles. The third-order valence-corrected chi connectivity index (χ3v) is 6.00. The van der Waals surface area contributed by atoms with Crippen LogP contribution in [0.3, 0.4) is 0 Å². The van der Waals surface area contributed by atoms with E-state index in [0.717, 1.165) is 6.07 Å². The SMILES string of the molecule is O=S(=O)(c1ccccc1)c1ccc2nc(-c3ccc(F)cc3F)ccc2c1. The van der Waals surface area contributed by atoms with E-state index in [0.29, 0.717) is 16.6 Å². The van der Waals surface area contributed by atoms with Gasteiger partial charge in [0.05, 0.1) is 21.0 Å². The van der Waals surface area contributed by atoms with Crippen molar-refractivity contribution in [3.63, 3.8) is 0 Å². The molecule has 0 aliphatic rings. The molecule has 0 fully saturated rings. The van der Waals surface area contributed by atoms with Crippen molar-refractivity contribution in [2.75, 3.05) is 0 Å². The molecule has 0 unspecified atom stereocenters. The number of nitrogens with zero attached hydrogens (tertiary/aromatic N) is 1. The van der Waals surface area contributed by atoms with Gasteiger partial charge in [-0.25, -0.2) is 22.2 Å². The number of hydrogen-bond donors (Lipinski definition) is 0.